The van der Waals surface area contributed by atoms with E-state index in [1.54, 1.807) is 6.07 Å². The zero-order valence-corrected chi connectivity index (χ0v) is 16.7. The third kappa shape index (κ3) is 3.52. The highest BCUT2D eigenvalue weighted by molar-refractivity contribution is 7.14. The molecule has 3 aliphatic rings. The van der Waals surface area contributed by atoms with E-state index in [4.69, 9.17) is 4.74 Å². The maximum atomic E-state index is 13.1. The van der Waals surface area contributed by atoms with Crippen LogP contribution in [-0.4, -0.2) is 66.1 Å². The number of amides is 1. The number of nitrogens with zero attached hydrogens (tertiary/aromatic N) is 2. The first-order valence-corrected chi connectivity index (χ1v) is 10.8. The summed E-state index contributed by atoms with van der Waals surface area (Å²) in [5, 5.41) is 9.34. The molecule has 0 bridgehead atoms. The molecule has 4 rings (SSSR count). The molecule has 0 aromatic carbocycles. The molecule has 2 fully saturated rings. The molecule has 1 amide bonds. The van der Waals surface area contributed by atoms with E-state index < -0.39 is 11.6 Å². The number of hydrogen-bond donors (Lipinski definition) is 1. The minimum Gasteiger partial charge on any atom is -0.477 e. The van der Waals surface area contributed by atoms with Crippen molar-refractivity contribution in [3.05, 3.63) is 21.4 Å². The maximum Gasteiger partial charge on any atom is 0.345 e. The van der Waals surface area contributed by atoms with E-state index in [0.717, 1.165) is 49.1 Å². The van der Waals surface area contributed by atoms with Crippen molar-refractivity contribution < 1.29 is 19.4 Å². The van der Waals surface area contributed by atoms with E-state index in [9.17, 15) is 14.7 Å². The standard InChI is InChI=1S/C20H28N2O4S/c1-21-9-4-2-3-5-15(21)18(23)22-10-7-20(8-11-22)14-13-17(19(24)25)27-16(14)6-12-26-20/h13,15H,2-12H2,1H3,(H,24,25). The molecule has 2 saturated heterocycles. The Morgan fingerprint density at radius 1 is 1.22 bits per heavy atom. The Kier molecular flexibility index (Phi) is 5.27. The number of fused-ring (bicyclic) bond motifs is 2. The van der Waals surface area contributed by atoms with Crippen LogP contribution in [0.15, 0.2) is 6.07 Å². The number of carboxylic acid groups (broad SMARTS) is 1. The van der Waals surface area contributed by atoms with Crippen molar-refractivity contribution in [2.24, 2.45) is 0 Å². The van der Waals surface area contributed by atoms with E-state index in [-0.39, 0.29) is 11.9 Å². The average molecular weight is 393 g/mol. The molecule has 1 aromatic heterocycles. The van der Waals surface area contributed by atoms with Crippen molar-refractivity contribution in [1.82, 2.24) is 9.80 Å². The molecule has 0 aliphatic carbocycles. The van der Waals surface area contributed by atoms with Gasteiger partial charge in [0.15, 0.2) is 0 Å². The lowest BCUT2D eigenvalue weighted by molar-refractivity contribution is -0.145. The van der Waals surface area contributed by atoms with Crippen molar-refractivity contribution in [3.63, 3.8) is 0 Å². The summed E-state index contributed by atoms with van der Waals surface area (Å²) in [4.78, 5) is 30.2. The van der Waals surface area contributed by atoms with Gasteiger partial charge in [-0.05, 0) is 50.9 Å². The van der Waals surface area contributed by atoms with Crippen LogP contribution < -0.4 is 0 Å². The van der Waals surface area contributed by atoms with Crippen LogP contribution >= 0.6 is 11.3 Å². The Bertz CT molecular complexity index is 724. The molecular formula is C20H28N2O4S. The zero-order chi connectivity index (χ0) is 19.0. The summed E-state index contributed by atoms with van der Waals surface area (Å²) in [5.41, 5.74) is 0.638. The monoisotopic (exact) mass is 392 g/mol. The van der Waals surface area contributed by atoms with Gasteiger partial charge in [-0.1, -0.05) is 12.8 Å². The van der Waals surface area contributed by atoms with Crippen molar-refractivity contribution in [2.75, 3.05) is 33.3 Å². The maximum absolute atomic E-state index is 13.1. The number of likely N-dealkylation sites (N-methyl/N-ethyl adjacent to an activating group) is 1. The van der Waals surface area contributed by atoms with Gasteiger partial charge in [-0.2, -0.15) is 0 Å². The molecule has 1 spiro atoms. The number of piperidine rings is 1. The molecule has 6 nitrogen and oxygen atoms in total. The number of carbonyl (C=O) groups is 2. The Balaban J connectivity index is 1.48. The van der Waals surface area contributed by atoms with Gasteiger partial charge in [-0.15, -0.1) is 11.3 Å². The Morgan fingerprint density at radius 3 is 2.74 bits per heavy atom. The second-order valence-electron chi connectivity index (χ2n) is 8.02. The van der Waals surface area contributed by atoms with Gasteiger partial charge >= 0.3 is 5.97 Å². The zero-order valence-electron chi connectivity index (χ0n) is 15.9. The van der Waals surface area contributed by atoms with Crippen LogP contribution in [0.2, 0.25) is 0 Å². The lowest BCUT2D eigenvalue weighted by Gasteiger charge is -2.45. The van der Waals surface area contributed by atoms with Crippen LogP contribution in [0.3, 0.4) is 0 Å². The predicted molar refractivity (Wildman–Crippen MR) is 103 cm³/mol. The number of thiophene rings is 1. The summed E-state index contributed by atoms with van der Waals surface area (Å²) in [6, 6.07) is 1.81. The molecule has 3 aliphatic heterocycles. The fourth-order valence-corrected chi connectivity index (χ4v) is 5.87. The molecule has 4 heterocycles. The Labute approximate surface area is 164 Å². The second-order valence-corrected chi connectivity index (χ2v) is 9.15. The third-order valence-electron chi connectivity index (χ3n) is 6.41. The van der Waals surface area contributed by atoms with E-state index in [0.29, 0.717) is 24.6 Å². The number of rotatable bonds is 2. The Morgan fingerprint density at radius 2 is 2.00 bits per heavy atom. The predicted octanol–water partition coefficient (Wildman–Crippen LogP) is 2.71. The molecule has 0 saturated carbocycles. The number of hydrogen-bond acceptors (Lipinski definition) is 5. The lowest BCUT2D eigenvalue weighted by Crippen LogP contribution is -2.53. The molecule has 1 unspecified atom stereocenters. The largest absolute Gasteiger partial charge is 0.477 e. The highest BCUT2D eigenvalue weighted by atomic mass is 32.1. The molecule has 7 heteroatoms. The van der Waals surface area contributed by atoms with Crippen LogP contribution in [0.4, 0.5) is 0 Å². The van der Waals surface area contributed by atoms with Crippen LogP contribution in [0, 0.1) is 0 Å². The summed E-state index contributed by atoms with van der Waals surface area (Å²) >= 11 is 1.38. The van der Waals surface area contributed by atoms with Crippen molar-refractivity contribution in [1.29, 1.82) is 0 Å². The van der Waals surface area contributed by atoms with E-state index in [2.05, 4.69) is 11.9 Å². The third-order valence-corrected chi connectivity index (χ3v) is 7.59. The Hall–Kier alpha value is -1.44. The molecule has 0 radical (unpaired) electrons. The molecule has 148 valence electrons. The fourth-order valence-electron chi connectivity index (χ4n) is 4.80. The molecular weight excluding hydrogens is 364 g/mol. The molecule has 1 atom stereocenters. The van der Waals surface area contributed by atoms with Crippen LogP contribution in [0.25, 0.3) is 0 Å². The summed E-state index contributed by atoms with van der Waals surface area (Å²) in [7, 11) is 2.06. The second kappa shape index (κ2) is 7.53. The lowest BCUT2D eigenvalue weighted by atomic mass is 9.82. The van der Waals surface area contributed by atoms with Gasteiger partial charge in [-0.3, -0.25) is 9.69 Å². The minimum atomic E-state index is -0.867. The van der Waals surface area contributed by atoms with Crippen molar-refractivity contribution in [2.45, 2.75) is 56.6 Å². The topological polar surface area (TPSA) is 70.1 Å². The highest BCUT2D eigenvalue weighted by Crippen LogP contribution is 2.44. The van der Waals surface area contributed by atoms with Gasteiger partial charge in [0.1, 0.15) is 4.88 Å². The molecule has 1 aromatic rings. The highest BCUT2D eigenvalue weighted by Gasteiger charge is 2.44. The number of likely N-dealkylation sites (tertiary alicyclic amines) is 2. The van der Waals surface area contributed by atoms with Gasteiger partial charge in [0, 0.05) is 24.4 Å². The van der Waals surface area contributed by atoms with Crippen molar-refractivity contribution >= 4 is 23.2 Å². The molecule has 1 N–H and O–H groups in total. The van der Waals surface area contributed by atoms with Crippen LogP contribution in [0.1, 0.15) is 58.6 Å². The number of carbonyl (C=O) groups excluding carboxylic acids is 1. The summed E-state index contributed by atoms with van der Waals surface area (Å²) in [6.45, 7) is 2.99. The smallest absolute Gasteiger partial charge is 0.345 e. The minimum absolute atomic E-state index is 0.00384. The first kappa shape index (κ1) is 18.9. The van der Waals surface area contributed by atoms with Gasteiger partial charge in [-0.25, -0.2) is 4.79 Å². The summed E-state index contributed by atoms with van der Waals surface area (Å²) < 4.78 is 6.21. The first-order chi connectivity index (χ1) is 13.0. The number of ether oxygens (including phenoxy) is 1. The average Bonchev–Trinajstić information content (AvgIpc) is 3.00. The normalized spacial score (nSPS) is 25.8. The van der Waals surface area contributed by atoms with Crippen molar-refractivity contribution in [3.8, 4) is 0 Å². The van der Waals surface area contributed by atoms with E-state index >= 15 is 0 Å². The number of aromatic carboxylic acids is 1. The fraction of sp³-hybridized carbons (Fsp3) is 0.700. The van der Waals surface area contributed by atoms with Gasteiger partial charge in [0.25, 0.3) is 0 Å². The first-order valence-electron chi connectivity index (χ1n) is 10.00. The van der Waals surface area contributed by atoms with Gasteiger partial charge < -0.3 is 14.7 Å². The van der Waals surface area contributed by atoms with E-state index in [1.165, 1.54) is 24.2 Å². The quantitative estimate of drug-likeness (QED) is 0.838. The van der Waals surface area contributed by atoms with Gasteiger partial charge in [0.05, 0.1) is 18.2 Å². The number of carboxylic acids is 1. The van der Waals surface area contributed by atoms with Crippen LogP contribution in [0.5, 0.6) is 0 Å². The van der Waals surface area contributed by atoms with Crippen LogP contribution in [-0.2, 0) is 21.6 Å². The SMILES string of the molecule is CN1CCCCCC1C(=O)N1CCC2(CC1)OCCc1sc(C(=O)O)cc12. The summed E-state index contributed by atoms with van der Waals surface area (Å²) in [6.07, 6.45) is 6.73. The summed E-state index contributed by atoms with van der Waals surface area (Å²) in [5.74, 6) is -0.615. The molecule has 27 heavy (non-hydrogen) atoms. The van der Waals surface area contributed by atoms with E-state index in [1.807, 2.05) is 4.90 Å². The van der Waals surface area contributed by atoms with Gasteiger partial charge in [0.2, 0.25) is 5.91 Å².